The SMILES string of the molecule is CCCCOCCCNC(=NC)NC(C)CCCN(CC)CC. The van der Waals surface area contributed by atoms with E-state index in [4.69, 9.17) is 4.74 Å². The van der Waals surface area contributed by atoms with Crippen molar-refractivity contribution in [2.75, 3.05) is 46.4 Å². The molecule has 0 aromatic carbocycles. The molecular formula is C18H40N4O. The molecule has 138 valence electrons. The lowest BCUT2D eigenvalue weighted by Gasteiger charge is -2.21. The number of hydrogen-bond donors (Lipinski definition) is 2. The molecule has 5 heteroatoms. The molecule has 0 saturated carbocycles. The van der Waals surface area contributed by atoms with Gasteiger partial charge in [-0.05, 0) is 52.2 Å². The van der Waals surface area contributed by atoms with Gasteiger partial charge >= 0.3 is 0 Å². The minimum Gasteiger partial charge on any atom is -0.381 e. The van der Waals surface area contributed by atoms with Crippen molar-refractivity contribution in [1.82, 2.24) is 15.5 Å². The summed E-state index contributed by atoms with van der Waals surface area (Å²) in [7, 11) is 1.83. The molecule has 0 amide bonds. The van der Waals surface area contributed by atoms with Gasteiger partial charge in [-0.1, -0.05) is 27.2 Å². The molecule has 5 nitrogen and oxygen atoms in total. The van der Waals surface area contributed by atoms with Crippen molar-refractivity contribution >= 4 is 5.96 Å². The summed E-state index contributed by atoms with van der Waals surface area (Å²) in [5.41, 5.74) is 0. The standard InChI is InChI=1S/C18H40N4O/c1-6-9-15-23-16-11-13-20-18(19-5)21-17(4)12-10-14-22(7-2)8-3/h17H,6-16H2,1-5H3,(H2,19,20,21). The molecule has 23 heavy (non-hydrogen) atoms. The fourth-order valence-electron chi connectivity index (χ4n) is 2.39. The van der Waals surface area contributed by atoms with E-state index in [0.717, 1.165) is 58.1 Å². The third-order valence-electron chi connectivity index (χ3n) is 4.01. The fraction of sp³-hybridized carbons (Fsp3) is 0.944. The van der Waals surface area contributed by atoms with Crippen LogP contribution in [0.2, 0.25) is 0 Å². The first-order chi connectivity index (χ1) is 11.2. The van der Waals surface area contributed by atoms with Crippen molar-refractivity contribution in [2.24, 2.45) is 4.99 Å². The summed E-state index contributed by atoms with van der Waals surface area (Å²) < 4.78 is 5.56. The maximum atomic E-state index is 5.56. The summed E-state index contributed by atoms with van der Waals surface area (Å²) >= 11 is 0. The van der Waals surface area contributed by atoms with Crippen LogP contribution in [0.3, 0.4) is 0 Å². The van der Waals surface area contributed by atoms with E-state index in [1.165, 1.54) is 19.4 Å². The normalized spacial score (nSPS) is 13.4. The van der Waals surface area contributed by atoms with Gasteiger partial charge in [-0.15, -0.1) is 0 Å². The summed E-state index contributed by atoms with van der Waals surface area (Å²) in [6.45, 7) is 14.9. The molecular weight excluding hydrogens is 288 g/mol. The minimum absolute atomic E-state index is 0.442. The average molecular weight is 329 g/mol. The molecule has 0 aliphatic carbocycles. The van der Waals surface area contributed by atoms with Crippen LogP contribution in [0.15, 0.2) is 4.99 Å². The van der Waals surface area contributed by atoms with E-state index in [9.17, 15) is 0 Å². The van der Waals surface area contributed by atoms with Crippen molar-refractivity contribution in [2.45, 2.75) is 65.8 Å². The first kappa shape index (κ1) is 22.2. The van der Waals surface area contributed by atoms with Crippen LogP contribution in [0.5, 0.6) is 0 Å². The Kier molecular flexibility index (Phi) is 15.5. The lowest BCUT2D eigenvalue weighted by Crippen LogP contribution is -2.43. The van der Waals surface area contributed by atoms with Gasteiger partial charge in [-0.2, -0.15) is 0 Å². The predicted molar refractivity (Wildman–Crippen MR) is 101 cm³/mol. The maximum Gasteiger partial charge on any atom is 0.191 e. The molecule has 0 aromatic rings. The van der Waals surface area contributed by atoms with E-state index in [1.807, 2.05) is 7.05 Å². The van der Waals surface area contributed by atoms with Crippen LogP contribution in [0.1, 0.15) is 59.8 Å². The third kappa shape index (κ3) is 13.3. The zero-order valence-corrected chi connectivity index (χ0v) is 16.2. The zero-order valence-electron chi connectivity index (χ0n) is 16.2. The van der Waals surface area contributed by atoms with Crippen LogP contribution in [-0.2, 0) is 4.74 Å². The predicted octanol–water partition coefficient (Wildman–Crippen LogP) is 2.87. The molecule has 1 atom stereocenters. The number of unbranched alkanes of at least 4 members (excludes halogenated alkanes) is 1. The highest BCUT2D eigenvalue weighted by Crippen LogP contribution is 1.99. The Labute approximate surface area is 144 Å². The number of guanidine groups is 1. The van der Waals surface area contributed by atoms with E-state index in [0.29, 0.717) is 6.04 Å². The average Bonchev–Trinajstić information content (AvgIpc) is 2.56. The Morgan fingerprint density at radius 1 is 1.09 bits per heavy atom. The van der Waals surface area contributed by atoms with Gasteiger partial charge in [0.25, 0.3) is 0 Å². The maximum absolute atomic E-state index is 5.56. The molecule has 0 radical (unpaired) electrons. The van der Waals surface area contributed by atoms with Gasteiger partial charge < -0.3 is 20.3 Å². The van der Waals surface area contributed by atoms with Crippen molar-refractivity contribution in [1.29, 1.82) is 0 Å². The Balaban J connectivity index is 3.70. The number of hydrogen-bond acceptors (Lipinski definition) is 3. The van der Waals surface area contributed by atoms with E-state index < -0.39 is 0 Å². The molecule has 0 aromatic heterocycles. The highest BCUT2D eigenvalue weighted by Gasteiger charge is 2.06. The lowest BCUT2D eigenvalue weighted by molar-refractivity contribution is 0.129. The number of nitrogens with zero attached hydrogens (tertiary/aromatic N) is 2. The Hall–Kier alpha value is -0.810. The smallest absolute Gasteiger partial charge is 0.191 e. The second-order valence-electron chi connectivity index (χ2n) is 6.03. The van der Waals surface area contributed by atoms with Gasteiger partial charge in [0.2, 0.25) is 0 Å². The summed E-state index contributed by atoms with van der Waals surface area (Å²) in [5, 5.41) is 6.83. The van der Waals surface area contributed by atoms with Crippen molar-refractivity contribution < 1.29 is 4.74 Å². The number of rotatable bonds is 14. The molecule has 0 heterocycles. The van der Waals surface area contributed by atoms with E-state index in [1.54, 1.807) is 0 Å². The van der Waals surface area contributed by atoms with Crippen LogP contribution in [0.25, 0.3) is 0 Å². The summed E-state index contributed by atoms with van der Waals surface area (Å²) in [4.78, 5) is 6.76. The Morgan fingerprint density at radius 2 is 1.78 bits per heavy atom. The third-order valence-corrected chi connectivity index (χ3v) is 4.01. The molecule has 0 bridgehead atoms. The molecule has 0 aliphatic heterocycles. The van der Waals surface area contributed by atoms with Crippen molar-refractivity contribution in [3.8, 4) is 0 Å². The van der Waals surface area contributed by atoms with Crippen molar-refractivity contribution in [3.05, 3.63) is 0 Å². The molecule has 2 N–H and O–H groups in total. The topological polar surface area (TPSA) is 48.9 Å². The number of ether oxygens (including phenoxy) is 1. The van der Waals surface area contributed by atoms with Crippen LogP contribution in [0, 0.1) is 0 Å². The number of aliphatic imine (C=N–C) groups is 1. The largest absolute Gasteiger partial charge is 0.381 e. The molecule has 0 spiro atoms. The molecule has 0 fully saturated rings. The summed E-state index contributed by atoms with van der Waals surface area (Å²) in [5.74, 6) is 0.897. The first-order valence-corrected chi connectivity index (χ1v) is 9.45. The summed E-state index contributed by atoms with van der Waals surface area (Å²) in [6.07, 6.45) is 5.75. The van der Waals surface area contributed by atoms with Gasteiger partial charge in [0.1, 0.15) is 0 Å². The van der Waals surface area contributed by atoms with E-state index in [-0.39, 0.29) is 0 Å². The highest BCUT2D eigenvalue weighted by atomic mass is 16.5. The van der Waals surface area contributed by atoms with Crippen LogP contribution in [0.4, 0.5) is 0 Å². The van der Waals surface area contributed by atoms with Crippen molar-refractivity contribution in [3.63, 3.8) is 0 Å². The monoisotopic (exact) mass is 328 g/mol. The molecule has 0 aliphatic rings. The quantitative estimate of drug-likeness (QED) is 0.292. The number of nitrogens with one attached hydrogen (secondary N) is 2. The lowest BCUT2D eigenvalue weighted by atomic mass is 10.2. The van der Waals surface area contributed by atoms with Gasteiger partial charge in [-0.3, -0.25) is 4.99 Å². The Morgan fingerprint density at radius 3 is 2.39 bits per heavy atom. The van der Waals surface area contributed by atoms with Crippen LogP contribution >= 0.6 is 0 Å². The van der Waals surface area contributed by atoms with Gasteiger partial charge in [0, 0.05) is 32.8 Å². The minimum atomic E-state index is 0.442. The van der Waals surface area contributed by atoms with Gasteiger partial charge in [-0.25, -0.2) is 0 Å². The van der Waals surface area contributed by atoms with E-state index >= 15 is 0 Å². The van der Waals surface area contributed by atoms with Gasteiger partial charge in [0.15, 0.2) is 5.96 Å². The first-order valence-electron chi connectivity index (χ1n) is 9.45. The molecule has 1 unspecified atom stereocenters. The zero-order chi connectivity index (χ0) is 17.3. The van der Waals surface area contributed by atoms with E-state index in [2.05, 4.69) is 48.2 Å². The Bertz CT molecular complexity index is 280. The van der Waals surface area contributed by atoms with Crippen LogP contribution < -0.4 is 10.6 Å². The van der Waals surface area contributed by atoms with Gasteiger partial charge in [0.05, 0.1) is 0 Å². The second kappa shape index (κ2) is 16.1. The summed E-state index contributed by atoms with van der Waals surface area (Å²) in [6, 6.07) is 0.442. The molecule has 0 saturated heterocycles. The fourth-order valence-corrected chi connectivity index (χ4v) is 2.39. The molecule has 0 rings (SSSR count). The van der Waals surface area contributed by atoms with Crippen LogP contribution in [-0.4, -0.2) is 63.3 Å². The highest BCUT2D eigenvalue weighted by molar-refractivity contribution is 5.79. The second-order valence-corrected chi connectivity index (χ2v) is 6.03.